The zero-order valence-electron chi connectivity index (χ0n) is 18.4. The van der Waals surface area contributed by atoms with Crippen LogP contribution in [-0.2, 0) is 9.63 Å². The predicted octanol–water partition coefficient (Wildman–Crippen LogP) is 3.70. The van der Waals surface area contributed by atoms with Gasteiger partial charge in [0.1, 0.15) is 17.7 Å². The lowest BCUT2D eigenvalue weighted by Gasteiger charge is -2.35. The predicted molar refractivity (Wildman–Crippen MR) is 127 cm³/mol. The summed E-state index contributed by atoms with van der Waals surface area (Å²) >= 11 is 6.48. The van der Waals surface area contributed by atoms with E-state index in [0.717, 1.165) is 33.6 Å². The number of hydrogen-bond donors (Lipinski definition) is 1. The van der Waals surface area contributed by atoms with E-state index in [4.69, 9.17) is 21.4 Å². The Morgan fingerprint density at radius 2 is 2.00 bits per heavy atom. The SMILES string of the molecule is CC(=O)ON1CCN(c2nc3c(Cl)cccc3cc2[C@H](C)Nc2ncnn3cccc23)CC1. The van der Waals surface area contributed by atoms with Gasteiger partial charge in [-0.2, -0.15) is 5.10 Å². The number of pyridine rings is 1. The maximum absolute atomic E-state index is 11.3. The minimum Gasteiger partial charge on any atom is -0.368 e. The van der Waals surface area contributed by atoms with Gasteiger partial charge in [0.25, 0.3) is 0 Å². The average Bonchev–Trinajstić information content (AvgIpc) is 3.29. The van der Waals surface area contributed by atoms with Crippen molar-refractivity contribution in [2.24, 2.45) is 0 Å². The van der Waals surface area contributed by atoms with Crippen LogP contribution in [0.25, 0.3) is 16.4 Å². The normalized spacial score (nSPS) is 15.7. The number of nitrogens with one attached hydrogen (secondary N) is 1. The van der Waals surface area contributed by atoms with Crippen molar-refractivity contribution in [1.82, 2.24) is 24.6 Å². The minimum absolute atomic E-state index is 0.0871. The van der Waals surface area contributed by atoms with E-state index < -0.39 is 0 Å². The molecule has 1 saturated heterocycles. The number of para-hydroxylation sites is 1. The van der Waals surface area contributed by atoms with Crippen molar-refractivity contribution in [2.75, 3.05) is 36.4 Å². The fraction of sp³-hybridized carbons (Fsp3) is 0.304. The lowest BCUT2D eigenvalue weighted by molar-refractivity contribution is -0.188. The van der Waals surface area contributed by atoms with Crippen molar-refractivity contribution >= 4 is 45.6 Å². The molecule has 0 aliphatic carbocycles. The Kier molecular flexibility index (Phi) is 5.74. The first-order chi connectivity index (χ1) is 16.0. The number of aromatic nitrogens is 4. The summed E-state index contributed by atoms with van der Waals surface area (Å²) in [5.74, 6) is 1.30. The van der Waals surface area contributed by atoms with E-state index in [1.165, 1.54) is 13.3 Å². The molecule has 1 aliphatic rings. The van der Waals surface area contributed by atoms with Crippen LogP contribution in [-0.4, -0.2) is 56.8 Å². The van der Waals surface area contributed by atoms with Crippen LogP contribution in [0.2, 0.25) is 5.02 Å². The van der Waals surface area contributed by atoms with E-state index in [1.54, 1.807) is 9.58 Å². The number of anilines is 2. The minimum atomic E-state index is -0.306. The number of carbonyl (C=O) groups is 1. The first-order valence-corrected chi connectivity index (χ1v) is 11.2. The molecule has 170 valence electrons. The quantitative estimate of drug-likeness (QED) is 0.477. The van der Waals surface area contributed by atoms with Crippen LogP contribution < -0.4 is 10.2 Å². The molecule has 0 unspecified atom stereocenters. The number of halogens is 1. The molecule has 4 aromatic rings. The molecule has 4 heterocycles. The van der Waals surface area contributed by atoms with E-state index in [0.29, 0.717) is 31.2 Å². The highest BCUT2D eigenvalue weighted by Crippen LogP contribution is 2.33. The Balaban J connectivity index is 1.50. The second kappa shape index (κ2) is 8.84. The molecule has 1 aromatic carbocycles. The van der Waals surface area contributed by atoms with E-state index in [1.807, 2.05) is 36.5 Å². The number of hydrogen-bond acceptors (Lipinski definition) is 8. The van der Waals surface area contributed by atoms with Gasteiger partial charge in [-0.25, -0.2) is 14.5 Å². The van der Waals surface area contributed by atoms with Gasteiger partial charge in [0.05, 0.1) is 29.7 Å². The summed E-state index contributed by atoms with van der Waals surface area (Å²) in [6.07, 6.45) is 3.43. The summed E-state index contributed by atoms with van der Waals surface area (Å²) in [6, 6.07) is 11.8. The molecule has 0 spiro atoms. The second-order valence-electron chi connectivity index (χ2n) is 8.02. The number of piperazine rings is 1. The van der Waals surface area contributed by atoms with Gasteiger partial charge >= 0.3 is 5.97 Å². The summed E-state index contributed by atoms with van der Waals surface area (Å²) < 4.78 is 1.79. The van der Waals surface area contributed by atoms with E-state index >= 15 is 0 Å². The van der Waals surface area contributed by atoms with Gasteiger partial charge in [0, 0.05) is 37.2 Å². The molecule has 5 rings (SSSR count). The average molecular weight is 466 g/mol. The summed E-state index contributed by atoms with van der Waals surface area (Å²) in [6.45, 7) is 6.05. The molecule has 0 radical (unpaired) electrons. The molecule has 1 atom stereocenters. The summed E-state index contributed by atoms with van der Waals surface area (Å²) in [4.78, 5) is 28.2. The van der Waals surface area contributed by atoms with Gasteiger partial charge in [-0.15, -0.1) is 5.06 Å². The molecule has 3 aromatic heterocycles. The number of fused-ring (bicyclic) bond motifs is 2. The van der Waals surface area contributed by atoms with Gasteiger partial charge in [-0.05, 0) is 31.2 Å². The fourth-order valence-corrected chi connectivity index (χ4v) is 4.40. The van der Waals surface area contributed by atoms with Crippen LogP contribution in [0.4, 0.5) is 11.6 Å². The van der Waals surface area contributed by atoms with Crippen molar-refractivity contribution in [2.45, 2.75) is 19.9 Å². The molecule has 0 amide bonds. The van der Waals surface area contributed by atoms with E-state index in [2.05, 4.69) is 33.3 Å². The van der Waals surface area contributed by atoms with E-state index in [9.17, 15) is 4.79 Å². The van der Waals surface area contributed by atoms with Crippen molar-refractivity contribution in [3.05, 3.63) is 59.5 Å². The largest absolute Gasteiger partial charge is 0.368 e. The molecule has 1 fully saturated rings. The van der Waals surface area contributed by atoms with Crippen molar-refractivity contribution in [1.29, 1.82) is 0 Å². The van der Waals surface area contributed by atoms with Gasteiger partial charge < -0.3 is 15.1 Å². The number of hydroxylamine groups is 2. The summed E-state index contributed by atoms with van der Waals surface area (Å²) in [5.41, 5.74) is 2.70. The molecule has 9 nitrogen and oxygen atoms in total. The van der Waals surface area contributed by atoms with Crippen molar-refractivity contribution in [3.8, 4) is 0 Å². The van der Waals surface area contributed by atoms with Crippen LogP contribution in [0.5, 0.6) is 0 Å². The second-order valence-corrected chi connectivity index (χ2v) is 8.43. The first-order valence-electron chi connectivity index (χ1n) is 10.8. The van der Waals surface area contributed by atoms with Crippen molar-refractivity contribution in [3.63, 3.8) is 0 Å². The van der Waals surface area contributed by atoms with Crippen LogP contribution in [0, 0.1) is 0 Å². The van der Waals surface area contributed by atoms with Crippen molar-refractivity contribution < 1.29 is 9.63 Å². The fourth-order valence-electron chi connectivity index (χ4n) is 4.17. The van der Waals surface area contributed by atoms with Gasteiger partial charge in [0.15, 0.2) is 5.82 Å². The number of nitrogens with zero attached hydrogens (tertiary/aromatic N) is 6. The molecule has 1 N–H and O–H groups in total. The number of benzene rings is 1. The molecule has 1 aliphatic heterocycles. The van der Waals surface area contributed by atoms with Crippen LogP contribution in [0.1, 0.15) is 25.5 Å². The molecular formula is C23H24ClN7O2. The summed E-state index contributed by atoms with van der Waals surface area (Å²) in [5, 5.41) is 11.1. The van der Waals surface area contributed by atoms with Crippen LogP contribution in [0.15, 0.2) is 48.9 Å². The number of carbonyl (C=O) groups excluding carboxylic acids is 1. The highest BCUT2D eigenvalue weighted by atomic mass is 35.5. The molecular weight excluding hydrogens is 442 g/mol. The van der Waals surface area contributed by atoms with E-state index in [-0.39, 0.29) is 12.0 Å². The standard InChI is InChI=1S/C23H24ClN7O2/c1-15(27-22-20-7-4-8-31(20)26-14-25-22)18-13-17-5-3-6-19(24)21(17)28-23(18)29-9-11-30(12-10-29)33-16(2)32/h3-8,13-15H,9-12H2,1-2H3,(H,25,26,27)/t15-/m0/s1. The third-order valence-electron chi connectivity index (χ3n) is 5.75. The lowest BCUT2D eigenvalue weighted by atomic mass is 10.0. The topological polar surface area (TPSA) is 87.9 Å². The smallest absolute Gasteiger partial charge is 0.322 e. The molecule has 10 heteroatoms. The maximum atomic E-state index is 11.3. The maximum Gasteiger partial charge on any atom is 0.322 e. The lowest BCUT2D eigenvalue weighted by Crippen LogP contribution is -2.47. The molecule has 0 bridgehead atoms. The third-order valence-corrected chi connectivity index (χ3v) is 6.06. The Morgan fingerprint density at radius 3 is 2.79 bits per heavy atom. The molecule has 33 heavy (non-hydrogen) atoms. The summed E-state index contributed by atoms with van der Waals surface area (Å²) in [7, 11) is 0. The van der Waals surface area contributed by atoms with Crippen LogP contribution >= 0.6 is 11.6 Å². The Labute approximate surface area is 195 Å². The van der Waals surface area contributed by atoms with Gasteiger partial charge in [-0.1, -0.05) is 23.7 Å². The molecule has 0 saturated carbocycles. The first kappa shape index (κ1) is 21.4. The zero-order valence-corrected chi connectivity index (χ0v) is 19.2. The van der Waals surface area contributed by atoms with Gasteiger partial charge in [-0.3, -0.25) is 4.79 Å². The highest BCUT2D eigenvalue weighted by molar-refractivity contribution is 6.35. The Bertz CT molecular complexity index is 1320. The Hall–Kier alpha value is -3.43. The van der Waals surface area contributed by atoms with Gasteiger partial charge in [0.2, 0.25) is 0 Å². The third kappa shape index (κ3) is 4.29. The highest BCUT2D eigenvalue weighted by Gasteiger charge is 2.25. The Morgan fingerprint density at radius 1 is 1.18 bits per heavy atom. The zero-order chi connectivity index (χ0) is 22.9. The monoisotopic (exact) mass is 465 g/mol. The van der Waals surface area contributed by atoms with Crippen LogP contribution in [0.3, 0.4) is 0 Å². The number of rotatable bonds is 5.